The monoisotopic (exact) mass is 478 g/mol. The number of halogens is 2. The van der Waals surface area contributed by atoms with Crippen LogP contribution in [0.2, 0.25) is 0 Å². The molecule has 4 rings (SSSR count). The summed E-state index contributed by atoms with van der Waals surface area (Å²) < 4.78 is 0. The molecule has 0 saturated carbocycles. The van der Waals surface area contributed by atoms with E-state index in [4.69, 9.17) is 0 Å². The fourth-order valence-corrected chi connectivity index (χ4v) is 4.80. The van der Waals surface area contributed by atoms with Crippen LogP contribution in [0, 0.1) is 5.92 Å². The maximum atomic E-state index is 13.6. The van der Waals surface area contributed by atoms with Crippen molar-refractivity contribution < 1.29 is 9.59 Å². The number of aromatic nitrogens is 1. The Morgan fingerprint density at radius 2 is 1.69 bits per heavy atom. The standard InChI is InChI=1S/C24H30N4O2.2ClH/c29-22-24(20-11-16-25-17-12-20,14-6-9-19-7-2-1-3-8-19)27-23(30)28(22)18-13-21-10-4-5-15-26-21;;/h1-5,7-8,10,15,20,25H,6,9,11-14,16-18H2,(H,27,30);2*1H. The molecule has 6 nitrogen and oxygen atoms in total. The molecule has 0 radical (unpaired) electrons. The molecule has 3 heterocycles. The van der Waals surface area contributed by atoms with Gasteiger partial charge < -0.3 is 10.6 Å². The number of benzene rings is 1. The maximum Gasteiger partial charge on any atom is 0.325 e. The lowest BCUT2D eigenvalue weighted by atomic mass is 9.74. The number of hydrogen-bond donors (Lipinski definition) is 2. The van der Waals surface area contributed by atoms with Gasteiger partial charge in [-0.1, -0.05) is 36.4 Å². The third kappa shape index (κ3) is 5.80. The van der Waals surface area contributed by atoms with E-state index in [1.54, 1.807) is 6.20 Å². The highest BCUT2D eigenvalue weighted by atomic mass is 35.5. The first-order valence-electron chi connectivity index (χ1n) is 11.0. The van der Waals surface area contributed by atoms with Crippen LogP contribution in [0.15, 0.2) is 54.7 Å². The summed E-state index contributed by atoms with van der Waals surface area (Å²) in [5.74, 6) is 0.120. The number of piperidine rings is 1. The summed E-state index contributed by atoms with van der Waals surface area (Å²) >= 11 is 0. The van der Waals surface area contributed by atoms with Crippen LogP contribution in [-0.4, -0.2) is 47.0 Å². The normalized spacial score (nSPS) is 20.9. The van der Waals surface area contributed by atoms with Crippen molar-refractivity contribution in [3.05, 3.63) is 66.0 Å². The number of amides is 3. The van der Waals surface area contributed by atoms with E-state index < -0.39 is 5.54 Å². The molecule has 32 heavy (non-hydrogen) atoms. The van der Waals surface area contributed by atoms with Crippen LogP contribution in [0.1, 0.15) is 36.9 Å². The summed E-state index contributed by atoms with van der Waals surface area (Å²) in [5, 5.41) is 6.52. The van der Waals surface area contributed by atoms with Crippen LogP contribution >= 0.6 is 24.8 Å². The number of urea groups is 1. The van der Waals surface area contributed by atoms with Crippen molar-refractivity contribution in [3.8, 4) is 0 Å². The van der Waals surface area contributed by atoms with Gasteiger partial charge in [0.1, 0.15) is 5.54 Å². The Morgan fingerprint density at radius 3 is 2.38 bits per heavy atom. The van der Waals surface area contributed by atoms with E-state index in [0.29, 0.717) is 19.4 Å². The minimum Gasteiger partial charge on any atom is -0.323 e. The van der Waals surface area contributed by atoms with E-state index >= 15 is 0 Å². The van der Waals surface area contributed by atoms with Crippen molar-refractivity contribution in [1.82, 2.24) is 20.5 Å². The van der Waals surface area contributed by atoms with Gasteiger partial charge in [0.2, 0.25) is 0 Å². The predicted molar refractivity (Wildman–Crippen MR) is 130 cm³/mol. The number of carbonyl (C=O) groups excluding carboxylic acids is 2. The molecule has 2 aromatic rings. The fraction of sp³-hybridized carbons (Fsp3) is 0.458. The van der Waals surface area contributed by atoms with Crippen LogP contribution in [-0.2, 0) is 17.6 Å². The predicted octanol–water partition coefficient (Wildman–Crippen LogP) is 3.78. The second-order valence-corrected chi connectivity index (χ2v) is 8.29. The minimum absolute atomic E-state index is 0. The molecule has 2 aliphatic heterocycles. The quantitative estimate of drug-likeness (QED) is 0.566. The van der Waals surface area contributed by atoms with Crippen LogP contribution in [0.4, 0.5) is 4.79 Å². The van der Waals surface area contributed by atoms with E-state index in [0.717, 1.165) is 44.5 Å². The van der Waals surface area contributed by atoms with Gasteiger partial charge in [-0.15, -0.1) is 24.8 Å². The van der Waals surface area contributed by atoms with Crippen molar-refractivity contribution in [1.29, 1.82) is 0 Å². The van der Waals surface area contributed by atoms with Crippen LogP contribution in [0.5, 0.6) is 0 Å². The van der Waals surface area contributed by atoms with E-state index in [9.17, 15) is 9.59 Å². The summed E-state index contributed by atoms with van der Waals surface area (Å²) in [7, 11) is 0. The third-order valence-corrected chi connectivity index (χ3v) is 6.44. The second-order valence-electron chi connectivity index (χ2n) is 8.29. The van der Waals surface area contributed by atoms with E-state index in [1.165, 1.54) is 10.5 Å². The minimum atomic E-state index is -0.780. The first-order valence-corrected chi connectivity index (χ1v) is 11.0. The van der Waals surface area contributed by atoms with Crippen molar-refractivity contribution >= 4 is 36.8 Å². The lowest BCUT2D eigenvalue weighted by molar-refractivity contribution is -0.134. The summed E-state index contributed by atoms with van der Waals surface area (Å²) in [6.07, 6.45) is 6.59. The fourth-order valence-electron chi connectivity index (χ4n) is 4.80. The average molecular weight is 479 g/mol. The summed E-state index contributed by atoms with van der Waals surface area (Å²) in [5.41, 5.74) is 1.38. The molecule has 174 valence electrons. The van der Waals surface area contributed by atoms with Crippen LogP contribution < -0.4 is 10.6 Å². The van der Waals surface area contributed by atoms with Gasteiger partial charge in [-0.25, -0.2) is 4.79 Å². The number of rotatable bonds is 8. The smallest absolute Gasteiger partial charge is 0.323 e. The number of aryl methyl sites for hydroxylation is 1. The van der Waals surface area contributed by atoms with Crippen molar-refractivity contribution in [2.24, 2.45) is 5.92 Å². The van der Waals surface area contributed by atoms with Gasteiger partial charge in [-0.2, -0.15) is 0 Å². The Hall–Kier alpha value is -2.15. The molecule has 2 fully saturated rings. The summed E-state index contributed by atoms with van der Waals surface area (Å²) in [4.78, 5) is 32.2. The summed E-state index contributed by atoms with van der Waals surface area (Å²) in [6.45, 7) is 2.15. The number of carbonyl (C=O) groups is 2. The highest BCUT2D eigenvalue weighted by Gasteiger charge is 2.54. The first kappa shape index (κ1) is 26.1. The van der Waals surface area contributed by atoms with Crippen molar-refractivity contribution in [2.45, 2.75) is 44.1 Å². The van der Waals surface area contributed by atoms with Gasteiger partial charge in [-0.05, 0) is 68.8 Å². The van der Waals surface area contributed by atoms with Gasteiger partial charge in [0.15, 0.2) is 0 Å². The molecule has 8 heteroatoms. The number of pyridine rings is 1. The highest BCUT2D eigenvalue weighted by Crippen LogP contribution is 2.36. The molecule has 1 aromatic heterocycles. The molecular formula is C24H32Cl2N4O2. The Bertz CT molecular complexity index is 863. The second kappa shape index (κ2) is 12.2. The van der Waals surface area contributed by atoms with Crippen molar-refractivity contribution in [3.63, 3.8) is 0 Å². The topological polar surface area (TPSA) is 74.3 Å². The molecule has 2 saturated heterocycles. The van der Waals surface area contributed by atoms with Gasteiger partial charge in [0.25, 0.3) is 5.91 Å². The van der Waals surface area contributed by atoms with Crippen LogP contribution in [0.3, 0.4) is 0 Å². The van der Waals surface area contributed by atoms with Gasteiger partial charge >= 0.3 is 6.03 Å². The van der Waals surface area contributed by atoms with Gasteiger partial charge in [0.05, 0.1) is 0 Å². The highest BCUT2D eigenvalue weighted by molar-refractivity contribution is 6.07. The largest absolute Gasteiger partial charge is 0.325 e. The molecule has 2 aliphatic rings. The lowest BCUT2D eigenvalue weighted by Gasteiger charge is -2.38. The number of imide groups is 1. The zero-order valence-electron chi connectivity index (χ0n) is 18.2. The number of nitrogens with zero attached hydrogens (tertiary/aromatic N) is 2. The molecule has 0 spiro atoms. The number of nitrogens with one attached hydrogen (secondary N) is 2. The van der Waals surface area contributed by atoms with Crippen molar-refractivity contribution in [2.75, 3.05) is 19.6 Å². The molecule has 2 N–H and O–H groups in total. The average Bonchev–Trinajstić information content (AvgIpc) is 3.04. The molecule has 0 bridgehead atoms. The Kier molecular flexibility index (Phi) is 9.94. The Labute approximate surface area is 202 Å². The third-order valence-electron chi connectivity index (χ3n) is 6.44. The molecular weight excluding hydrogens is 447 g/mol. The first-order chi connectivity index (χ1) is 14.7. The zero-order chi connectivity index (χ0) is 20.8. The number of hydrogen-bond acceptors (Lipinski definition) is 4. The van der Waals surface area contributed by atoms with Gasteiger partial charge in [-0.3, -0.25) is 14.7 Å². The van der Waals surface area contributed by atoms with Gasteiger partial charge in [0, 0.05) is 24.9 Å². The lowest BCUT2D eigenvalue weighted by Crippen LogP contribution is -2.55. The maximum absolute atomic E-state index is 13.6. The molecule has 1 atom stereocenters. The molecule has 1 aromatic carbocycles. The Morgan fingerprint density at radius 1 is 0.969 bits per heavy atom. The SMILES string of the molecule is Cl.Cl.O=C1NC(CCCc2ccccc2)(C2CCNCC2)C(=O)N1CCc1ccccn1. The molecule has 3 amide bonds. The van der Waals surface area contributed by atoms with E-state index in [1.807, 2.05) is 36.4 Å². The Balaban J connectivity index is 0.00000181. The summed E-state index contributed by atoms with van der Waals surface area (Å²) in [6, 6.07) is 15.8. The molecule has 1 unspecified atom stereocenters. The van der Waals surface area contributed by atoms with E-state index in [2.05, 4.69) is 27.8 Å². The molecule has 0 aliphatic carbocycles. The zero-order valence-corrected chi connectivity index (χ0v) is 19.8. The van der Waals surface area contributed by atoms with Crippen LogP contribution in [0.25, 0.3) is 0 Å². The van der Waals surface area contributed by atoms with E-state index in [-0.39, 0.29) is 42.7 Å².